The van der Waals surface area contributed by atoms with E-state index in [-0.39, 0.29) is 11.8 Å². The fourth-order valence-corrected chi connectivity index (χ4v) is 3.51. The van der Waals surface area contributed by atoms with Crippen LogP contribution in [0.3, 0.4) is 0 Å². The molecule has 0 aliphatic carbocycles. The second-order valence-corrected chi connectivity index (χ2v) is 6.51. The van der Waals surface area contributed by atoms with Crippen molar-refractivity contribution in [3.63, 3.8) is 0 Å². The molecule has 2 amide bonds. The maximum atomic E-state index is 12.3. The Labute approximate surface area is 140 Å². The zero-order chi connectivity index (χ0) is 17.1. The van der Waals surface area contributed by atoms with E-state index in [1.165, 1.54) is 4.90 Å². The third kappa shape index (κ3) is 3.58. The van der Waals surface area contributed by atoms with Crippen LogP contribution in [0.1, 0.15) is 43.2 Å². The number of aliphatic carboxylic acids is 1. The molecule has 6 heteroatoms. The summed E-state index contributed by atoms with van der Waals surface area (Å²) < 4.78 is 0. The Kier molecular flexibility index (Phi) is 4.83. The van der Waals surface area contributed by atoms with Crippen molar-refractivity contribution in [1.82, 2.24) is 4.90 Å². The molecule has 1 saturated heterocycles. The molecule has 128 valence electrons. The second-order valence-electron chi connectivity index (χ2n) is 6.51. The third-order valence-corrected chi connectivity index (χ3v) is 4.76. The molecule has 3 rings (SSSR count). The van der Waals surface area contributed by atoms with E-state index >= 15 is 0 Å². The maximum Gasteiger partial charge on any atom is 0.326 e. The number of rotatable bonds is 5. The summed E-state index contributed by atoms with van der Waals surface area (Å²) in [6, 6.07) is 5.22. The highest BCUT2D eigenvalue weighted by atomic mass is 16.4. The summed E-state index contributed by atoms with van der Waals surface area (Å²) in [5.74, 6) is -0.957. The number of carbonyl (C=O) groups is 3. The first-order chi connectivity index (χ1) is 11.5. The first-order valence-corrected chi connectivity index (χ1v) is 8.48. The van der Waals surface area contributed by atoms with Gasteiger partial charge in [-0.05, 0) is 49.3 Å². The Bertz CT molecular complexity index is 671. The van der Waals surface area contributed by atoms with Crippen molar-refractivity contribution in [2.75, 3.05) is 11.9 Å². The summed E-state index contributed by atoms with van der Waals surface area (Å²) in [5.41, 5.74) is 2.98. The molecular formula is C18H22N2O4. The average Bonchev–Trinajstić information content (AvgIpc) is 2.94. The van der Waals surface area contributed by atoms with E-state index in [4.69, 9.17) is 0 Å². The lowest BCUT2D eigenvalue weighted by atomic mass is 10.00. The number of nitrogens with zero attached hydrogens (tertiary/aromatic N) is 1. The summed E-state index contributed by atoms with van der Waals surface area (Å²) in [6.45, 7) is 0.544. The third-order valence-electron chi connectivity index (χ3n) is 4.76. The van der Waals surface area contributed by atoms with Crippen molar-refractivity contribution in [2.24, 2.45) is 0 Å². The molecule has 0 radical (unpaired) electrons. The summed E-state index contributed by atoms with van der Waals surface area (Å²) in [7, 11) is 0. The minimum atomic E-state index is -0.904. The molecule has 1 fully saturated rings. The van der Waals surface area contributed by atoms with Gasteiger partial charge in [0.15, 0.2) is 0 Å². The van der Waals surface area contributed by atoms with Gasteiger partial charge >= 0.3 is 5.97 Å². The average molecular weight is 330 g/mol. The van der Waals surface area contributed by atoms with Gasteiger partial charge in [-0.25, -0.2) is 4.79 Å². The predicted molar refractivity (Wildman–Crippen MR) is 88.7 cm³/mol. The number of piperidine rings is 1. The van der Waals surface area contributed by atoms with Gasteiger partial charge in [-0.15, -0.1) is 0 Å². The van der Waals surface area contributed by atoms with Gasteiger partial charge < -0.3 is 15.3 Å². The standard InChI is InChI=1S/C18H22N2O4/c21-16-11-13-10-12(7-8-14(13)19-16)4-3-6-17(22)20-9-2-1-5-15(20)18(23)24/h7-8,10,15H,1-6,9,11H2,(H,19,21)(H,23,24). The van der Waals surface area contributed by atoms with Gasteiger partial charge in [0.2, 0.25) is 11.8 Å². The van der Waals surface area contributed by atoms with Gasteiger partial charge in [0.25, 0.3) is 0 Å². The lowest BCUT2D eigenvalue weighted by Gasteiger charge is -2.33. The number of fused-ring (bicyclic) bond motifs is 1. The molecule has 2 heterocycles. The van der Waals surface area contributed by atoms with Crippen molar-refractivity contribution in [2.45, 2.75) is 51.0 Å². The first-order valence-electron chi connectivity index (χ1n) is 8.48. The van der Waals surface area contributed by atoms with Crippen molar-refractivity contribution >= 4 is 23.5 Å². The van der Waals surface area contributed by atoms with Crippen LogP contribution in [0.25, 0.3) is 0 Å². The van der Waals surface area contributed by atoms with Gasteiger partial charge in [0.05, 0.1) is 6.42 Å². The Hall–Kier alpha value is -2.37. The minimum absolute atomic E-state index is 0.0159. The van der Waals surface area contributed by atoms with Crippen LogP contribution in [0.5, 0.6) is 0 Å². The molecule has 1 atom stereocenters. The molecule has 24 heavy (non-hydrogen) atoms. The number of anilines is 1. The molecule has 1 unspecified atom stereocenters. The Morgan fingerprint density at radius 3 is 2.92 bits per heavy atom. The molecule has 1 aromatic rings. The lowest BCUT2D eigenvalue weighted by Crippen LogP contribution is -2.47. The van der Waals surface area contributed by atoms with Crippen LogP contribution >= 0.6 is 0 Å². The zero-order valence-corrected chi connectivity index (χ0v) is 13.6. The van der Waals surface area contributed by atoms with Crippen LogP contribution in [-0.4, -0.2) is 40.4 Å². The molecule has 2 aliphatic rings. The second kappa shape index (κ2) is 7.03. The summed E-state index contributed by atoms with van der Waals surface area (Å²) in [4.78, 5) is 36.5. The Morgan fingerprint density at radius 1 is 1.29 bits per heavy atom. The normalized spacial score (nSPS) is 19.8. The monoisotopic (exact) mass is 330 g/mol. The van der Waals surface area contributed by atoms with Gasteiger partial charge in [0.1, 0.15) is 6.04 Å². The molecule has 2 N–H and O–H groups in total. The van der Waals surface area contributed by atoms with E-state index in [2.05, 4.69) is 5.32 Å². The van der Waals surface area contributed by atoms with E-state index in [1.807, 2.05) is 18.2 Å². The molecule has 0 saturated carbocycles. The van der Waals surface area contributed by atoms with Crippen LogP contribution in [0.15, 0.2) is 18.2 Å². The van der Waals surface area contributed by atoms with Gasteiger partial charge in [-0.3, -0.25) is 9.59 Å². The zero-order valence-electron chi connectivity index (χ0n) is 13.6. The number of amides is 2. The van der Waals surface area contributed by atoms with Crippen LogP contribution in [-0.2, 0) is 27.2 Å². The van der Waals surface area contributed by atoms with Crippen LogP contribution < -0.4 is 5.32 Å². The predicted octanol–water partition coefficient (Wildman–Crippen LogP) is 1.97. The first kappa shape index (κ1) is 16.5. The van der Waals surface area contributed by atoms with Gasteiger partial charge in [-0.1, -0.05) is 12.1 Å². The highest BCUT2D eigenvalue weighted by Gasteiger charge is 2.31. The Morgan fingerprint density at radius 2 is 2.12 bits per heavy atom. The fraction of sp³-hybridized carbons (Fsp3) is 0.500. The molecule has 2 aliphatic heterocycles. The highest BCUT2D eigenvalue weighted by molar-refractivity contribution is 5.99. The number of benzene rings is 1. The summed E-state index contributed by atoms with van der Waals surface area (Å²) >= 11 is 0. The van der Waals surface area contributed by atoms with E-state index in [0.717, 1.165) is 36.1 Å². The molecule has 6 nitrogen and oxygen atoms in total. The van der Waals surface area contributed by atoms with Crippen molar-refractivity contribution < 1.29 is 19.5 Å². The summed E-state index contributed by atoms with van der Waals surface area (Å²) in [6.07, 6.45) is 4.49. The van der Waals surface area contributed by atoms with Crippen LogP contribution in [0, 0.1) is 0 Å². The van der Waals surface area contributed by atoms with Gasteiger partial charge in [-0.2, -0.15) is 0 Å². The van der Waals surface area contributed by atoms with E-state index in [1.54, 1.807) is 0 Å². The SMILES string of the molecule is O=C1Cc2cc(CCCC(=O)N3CCCCC3C(=O)O)ccc2N1. The largest absolute Gasteiger partial charge is 0.480 e. The van der Waals surface area contributed by atoms with E-state index in [0.29, 0.717) is 32.2 Å². The highest BCUT2D eigenvalue weighted by Crippen LogP contribution is 2.25. The number of likely N-dealkylation sites (tertiary alicyclic amines) is 1. The topological polar surface area (TPSA) is 86.7 Å². The number of carbonyl (C=O) groups excluding carboxylic acids is 2. The minimum Gasteiger partial charge on any atom is -0.480 e. The van der Waals surface area contributed by atoms with Crippen molar-refractivity contribution in [3.05, 3.63) is 29.3 Å². The number of hydrogen-bond acceptors (Lipinski definition) is 3. The number of carboxylic acids is 1. The molecule has 0 aromatic heterocycles. The molecule has 0 bridgehead atoms. The smallest absolute Gasteiger partial charge is 0.326 e. The molecule has 1 aromatic carbocycles. The van der Waals surface area contributed by atoms with Crippen molar-refractivity contribution in [1.29, 1.82) is 0 Å². The maximum absolute atomic E-state index is 12.3. The number of nitrogens with one attached hydrogen (secondary N) is 1. The van der Waals surface area contributed by atoms with Gasteiger partial charge in [0, 0.05) is 18.7 Å². The van der Waals surface area contributed by atoms with E-state index < -0.39 is 12.0 Å². The number of carboxylic acid groups (broad SMARTS) is 1. The summed E-state index contributed by atoms with van der Waals surface area (Å²) in [5, 5.41) is 12.0. The lowest BCUT2D eigenvalue weighted by molar-refractivity contribution is -0.152. The number of aryl methyl sites for hydroxylation is 1. The number of hydrogen-bond donors (Lipinski definition) is 2. The molecule has 0 spiro atoms. The van der Waals surface area contributed by atoms with E-state index in [9.17, 15) is 19.5 Å². The quantitative estimate of drug-likeness (QED) is 0.864. The van der Waals surface area contributed by atoms with Crippen molar-refractivity contribution in [3.8, 4) is 0 Å². The fourth-order valence-electron chi connectivity index (χ4n) is 3.51. The van der Waals surface area contributed by atoms with Crippen LogP contribution in [0.2, 0.25) is 0 Å². The van der Waals surface area contributed by atoms with Crippen LogP contribution in [0.4, 0.5) is 5.69 Å². The molecular weight excluding hydrogens is 308 g/mol. The Balaban J connectivity index is 1.53.